The summed E-state index contributed by atoms with van der Waals surface area (Å²) < 4.78 is 20.7. The number of nitrogens with zero attached hydrogens (tertiary/aromatic N) is 3. The quantitative estimate of drug-likeness (QED) is 0.217. The van der Waals surface area contributed by atoms with E-state index in [2.05, 4.69) is 20.9 Å². The molecule has 2 heterocycles. The van der Waals surface area contributed by atoms with Gasteiger partial charge in [-0.1, -0.05) is 53.8 Å². The van der Waals surface area contributed by atoms with Crippen LogP contribution in [0.4, 0.5) is 4.39 Å². The number of amides is 1. The van der Waals surface area contributed by atoms with Crippen molar-refractivity contribution in [1.29, 1.82) is 0 Å². The van der Waals surface area contributed by atoms with Crippen molar-refractivity contribution in [3.05, 3.63) is 98.7 Å². The molecule has 0 radical (unpaired) electrons. The number of carbonyl (C=O) groups is 1. The van der Waals surface area contributed by atoms with Crippen molar-refractivity contribution >= 4 is 17.2 Å². The zero-order valence-corrected chi connectivity index (χ0v) is 22.3. The van der Waals surface area contributed by atoms with Gasteiger partial charge in [0.1, 0.15) is 17.4 Å². The highest BCUT2D eigenvalue weighted by atomic mass is 32.1. The van der Waals surface area contributed by atoms with Gasteiger partial charge in [0.15, 0.2) is 16.5 Å². The summed E-state index contributed by atoms with van der Waals surface area (Å²) in [5.41, 5.74) is 4.44. The van der Waals surface area contributed by atoms with E-state index in [9.17, 15) is 14.0 Å². The topological polar surface area (TPSA) is 118 Å². The lowest BCUT2D eigenvalue weighted by Crippen LogP contribution is -2.33. The molecule has 0 bridgehead atoms. The number of hydrogen-bond acceptors (Lipinski definition) is 8. The molecule has 4 rings (SSSR count). The molecule has 9 nitrogen and oxygen atoms in total. The van der Waals surface area contributed by atoms with Gasteiger partial charge in [0.2, 0.25) is 5.43 Å². The number of aliphatic hydroxyl groups is 1. The Balaban J connectivity index is 1.66. The molecule has 0 unspecified atom stereocenters. The fraction of sp³-hybridized carbons (Fsp3) is 0.286. The third-order valence-corrected chi connectivity index (χ3v) is 6.89. The lowest BCUT2D eigenvalue weighted by atomic mass is 10.2. The third kappa shape index (κ3) is 7.27. The standard InChI is InChI=1S/C28H30FN5O4S/c1-30-34-17-22(28-33-32-23(39-28)16-19-10-12-21(29)13-11-19)25(36)26(38-18-20-8-4-2-5-9-20)24(34)27(37)31-14-6-3-7-15-35/h2,4-5,8-13,17,30,35H,3,6-7,14-16,18H2,1H3,(H,31,37). The van der Waals surface area contributed by atoms with Crippen LogP contribution in [0.5, 0.6) is 5.75 Å². The van der Waals surface area contributed by atoms with E-state index in [4.69, 9.17) is 9.84 Å². The number of rotatable bonds is 13. The molecule has 0 fully saturated rings. The number of benzene rings is 2. The van der Waals surface area contributed by atoms with Gasteiger partial charge in [-0.05, 0) is 42.5 Å². The maximum atomic E-state index is 13.7. The van der Waals surface area contributed by atoms with Crippen LogP contribution in [0.3, 0.4) is 0 Å². The van der Waals surface area contributed by atoms with E-state index in [1.807, 2.05) is 30.3 Å². The zero-order chi connectivity index (χ0) is 27.6. The van der Waals surface area contributed by atoms with Gasteiger partial charge in [-0.15, -0.1) is 10.2 Å². The number of unbranched alkanes of at least 4 members (excludes halogenated alkanes) is 2. The van der Waals surface area contributed by atoms with Gasteiger partial charge in [0.25, 0.3) is 5.91 Å². The van der Waals surface area contributed by atoms with Crippen LogP contribution in [0.25, 0.3) is 10.6 Å². The molecular weight excluding hydrogens is 521 g/mol. The second-order valence-corrected chi connectivity index (χ2v) is 9.82. The molecule has 0 aliphatic heterocycles. The molecule has 3 N–H and O–H groups in total. The lowest BCUT2D eigenvalue weighted by Gasteiger charge is -2.18. The van der Waals surface area contributed by atoms with Crippen molar-refractivity contribution in [1.82, 2.24) is 20.2 Å². The number of aromatic nitrogens is 3. The number of pyridine rings is 1. The summed E-state index contributed by atoms with van der Waals surface area (Å²) in [6.07, 6.45) is 4.06. The molecule has 0 saturated heterocycles. The molecule has 0 spiro atoms. The van der Waals surface area contributed by atoms with E-state index >= 15 is 0 Å². The Kier molecular flexibility index (Phi) is 9.76. The predicted molar refractivity (Wildman–Crippen MR) is 148 cm³/mol. The number of ether oxygens (including phenoxy) is 1. The van der Waals surface area contributed by atoms with E-state index in [0.717, 1.165) is 17.5 Å². The Hall–Kier alpha value is -4.09. The molecule has 4 aromatic rings. The van der Waals surface area contributed by atoms with Crippen molar-refractivity contribution in [2.75, 3.05) is 25.6 Å². The van der Waals surface area contributed by atoms with Crippen LogP contribution < -0.4 is 20.9 Å². The molecule has 2 aromatic carbocycles. The van der Waals surface area contributed by atoms with Crippen molar-refractivity contribution < 1.29 is 19.0 Å². The summed E-state index contributed by atoms with van der Waals surface area (Å²) in [7, 11) is 1.63. The van der Waals surface area contributed by atoms with E-state index in [1.54, 1.807) is 19.2 Å². The van der Waals surface area contributed by atoms with Gasteiger partial charge < -0.3 is 20.6 Å². The first-order chi connectivity index (χ1) is 19.0. The van der Waals surface area contributed by atoms with Gasteiger partial charge in [-0.25, -0.2) is 4.39 Å². The summed E-state index contributed by atoms with van der Waals surface area (Å²) >= 11 is 1.24. The monoisotopic (exact) mass is 551 g/mol. The molecule has 0 atom stereocenters. The minimum Gasteiger partial charge on any atom is -0.482 e. The first kappa shape index (κ1) is 27.9. The number of halogens is 1. The second kappa shape index (κ2) is 13.6. The first-order valence-corrected chi connectivity index (χ1v) is 13.4. The Morgan fingerprint density at radius 1 is 1.05 bits per heavy atom. The van der Waals surface area contributed by atoms with Crippen LogP contribution in [0.2, 0.25) is 0 Å². The minimum atomic E-state index is -0.479. The minimum absolute atomic E-state index is 0.0420. The van der Waals surface area contributed by atoms with Crippen LogP contribution in [0, 0.1) is 5.82 Å². The predicted octanol–water partition coefficient (Wildman–Crippen LogP) is 3.74. The van der Waals surface area contributed by atoms with Gasteiger partial charge in [-0.3, -0.25) is 14.3 Å². The summed E-state index contributed by atoms with van der Waals surface area (Å²) in [4.78, 5) is 27.0. The number of hydrogen-bond donors (Lipinski definition) is 3. The first-order valence-electron chi connectivity index (χ1n) is 12.6. The molecule has 0 saturated carbocycles. The van der Waals surface area contributed by atoms with E-state index in [0.29, 0.717) is 35.8 Å². The van der Waals surface area contributed by atoms with E-state index in [1.165, 1.54) is 34.3 Å². The summed E-state index contributed by atoms with van der Waals surface area (Å²) in [6.45, 7) is 0.579. The van der Waals surface area contributed by atoms with E-state index < -0.39 is 11.3 Å². The molecule has 204 valence electrons. The molecule has 2 aromatic heterocycles. The fourth-order valence-corrected chi connectivity index (χ4v) is 4.79. The maximum absolute atomic E-state index is 13.7. The highest BCUT2D eigenvalue weighted by Gasteiger charge is 2.25. The van der Waals surface area contributed by atoms with Gasteiger partial charge in [-0.2, -0.15) is 0 Å². The third-order valence-electron chi connectivity index (χ3n) is 5.93. The lowest BCUT2D eigenvalue weighted by molar-refractivity contribution is 0.0938. The highest BCUT2D eigenvalue weighted by molar-refractivity contribution is 7.14. The van der Waals surface area contributed by atoms with Crippen LogP contribution >= 0.6 is 11.3 Å². The Labute approximate surface area is 229 Å². The van der Waals surface area contributed by atoms with Gasteiger partial charge >= 0.3 is 0 Å². The van der Waals surface area contributed by atoms with Crippen molar-refractivity contribution in [3.8, 4) is 16.3 Å². The average Bonchev–Trinajstić information content (AvgIpc) is 3.41. The van der Waals surface area contributed by atoms with Crippen LogP contribution in [-0.2, 0) is 13.0 Å². The molecule has 0 aliphatic rings. The summed E-state index contributed by atoms with van der Waals surface area (Å²) in [5, 5.41) is 21.3. The summed E-state index contributed by atoms with van der Waals surface area (Å²) in [6, 6.07) is 15.5. The van der Waals surface area contributed by atoms with Crippen LogP contribution in [0.1, 0.15) is 45.9 Å². The average molecular weight is 552 g/mol. The van der Waals surface area contributed by atoms with Crippen LogP contribution in [-0.4, -0.2) is 46.1 Å². The molecule has 0 aliphatic carbocycles. The van der Waals surface area contributed by atoms with Gasteiger partial charge in [0, 0.05) is 32.8 Å². The maximum Gasteiger partial charge on any atom is 0.273 e. The largest absolute Gasteiger partial charge is 0.482 e. The van der Waals surface area contributed by atoms with Crippen molar-refractivity contribution in [2.45, 2.75) is 32.3 Å². The van der Waals surface area contributed by atoms with Crippen molar-refractivity contribution in [3.63, 3.8) is 0 Å². The molecular formula is C28H30FN5O4S. The smallest absolute Gasteiger partial charge is 0.273 e. The molecule has 39 heavy (non-hydrogen) atoms. The zero-order valence-electron chi connectivity index (χ0n) is 21.5. The normalized spacial score (nSPS) is 10.8. The molecule has 11 heteroatoms. The summed E-state index contributed by atoms with van der Waals surface area (Å²) in [5.74, 6) is -0.884. The van der Waals surface area contributed by atoms with E-state index in [-0.39, 0.29) is 36.0 Å². The Morgan fingerprint density at radius 2 is 1.82 bits per heavy atom. The Bertz CT molecular complexity index is 1440. The second-order valence-electron chi connectivity index (χ2n) is 8.76. The number of nitrogens with one attached hydrogen (secondary N) is 2. The highest BCUT2D eigenvalue weighted by Crippen LogP contribution is 2.26. The molecule has 1 amide bonds. The van der Waals surface area contributed by atoms with Crippen molar-refractivity contribution in [2.24, 2.45) is 0 Å². The number of carbonyl (C=O) groups excluding carboxylic acids is 1. The Morgan fingerprint density at radius 3 is 2.54 bits per heavy atom. The van der Waals surface area contributed by atoms with Gasteiger partial charge in [0.05, 0.1) is 5.56 Å². The fourth-order valence-electron chi connectivity index (χ4n) is 3.91. The van der Waals surface area contributed by atoms with Crippen LogP contribution in [0.15, 0.2) is 65.6 Å². The SMILES string of the molecule is CNn1cc(-c2nnc(Cc3ccc(F)cc3)s2)c(=O)c(OCc2ccccc2)c1C(=O)NCCCCCO. The number of aliphatic hydroxyl groups excluding tert-OH is 1.